The first kappa shape index (κ1) is 70.4. The van der Waals surface area contributed by atoms with Gasteiger partial charge in [-0.25, -0.2) is 0 Å². The summed E-state index contributed by atoms with van der Waals surface area (Å²) >= 11 is 3.83. The lowest BCUT2D eigenvalue weighted by Gasteiger charge is -2.26. The number of thiophene rings is 2. The molecule has 0 saturated heterocycles. The van der Waals surface area contributed by atoms with Crippen LogP contribution in [-0.2, 0) is 10.8 Å². The van der Waals surface area contributed by atoms with E-state index in [1.165, 1.54) is 239 Å². The molecule has 6 heteroatoms. The lowest BCUT2D eigenvalue weighted by Crippen LogP contribution is -2.15. The Bertz CT molecular complexity index is 9080. The minimum absolute atomic E-state index is 0.122. The summed E-state index contributed by atoms with van der Waals surface area (Å²) in [5.74, 6) is 0. The van der Waals surface area contributed by atoms with Crippen molar-refractivity contribution in [1.82, 2.24) is 0 Å². The average molecular weight is 1640 g/mol. The van der Waals surface area contributed by atoms with Crippen LogP contribution in [0.15, 0.2) is 383 Å². The van der Waals surface area contributed by atoms with Gasteiger partial charge in [-0.05, 0) is 289 Å². The Labute approximate surface area is 733 Å². The van der Waals surface area contributed by atoms with Gasteiger partial charge in [-0.3, -0.25) is 0 Å². The van der Waals surface area contributed by atoms with E-state index in [9.17, 15) is 0 Å². The van der Waals surface area contributed by atoms with E-state index in [0.717, 1.165) is 50.6 Å². The van der Waals surface area contributed by atoms with Crippen LogP contribution in [0.3, 0.4) is 0 Å². The van der Waals surface area contributed by atoms with E-state index >= 15 is 0 Å². The lowest BCUT2D eigenvalue weighted by atomic mass is 9.79. The van der Waals surface area contributed by atoms with Gasteiger partial charge in [-0.15, -0.1) is 22.7 Å². The van der Waals surface area contributed by atoms with E-state index in [1.807, 2.05) is 28.7 Å². The van der Waals surface area contributed by atoms with Crippen molar-refractivity contribution in [3.05, 3.63) is 392 Å². The fraction of sp³-hybridized carbons (Fsp3) is 0.0500. The van der Waals surface area contributed by atoms with Crippen LogP contribution >= 0.6 is 22.7 Å². The second kappa shape index (κ2) is 25.7. The Morgan fingerprint density at radius 3 is 1.18 bits per heavy atom. The normalized spacial score (nSPS) is 13.5. The summed E-state index contributed by atoms with van der Waals surface area (Å²) < 4.78 is 24.7. The highest BCUT2D eigenvalue weighted by atomic mass is 32.1. The van der Waals surface area contributed by atoms with Gasteiger partial charge in [-0.2, -0.15) is 0 Å². The monoisotopic (exact) mass is 1640 g/mol. The Morgan fingerprint density at radius 2 is 0.603 bits per heavy atom. The predicted octanol–water partition coefficient (Wildman–Crippen LogP) is 35.3. The SMILES string of the molecule is CC1(C)c2cc(-c3ccc(N(c4ccccc4)c4ccccc4)cc3)cc3c2-c2c1ccc1ccc4oc5cccc-3c5c4c21.CC1(C)c2cc(-c3cccc(-c4cccc(-c5ccccc5)c4)c3)cc3c2-c2c1ccc1ccc4oc5cccc-3c5c4c21.c1ccc2c(c1)oc1cc(-c3cc4sc5cccc6c5c4c4c3ccc3sc5cccc-6c5c34)ccc12. The van der Waals surface area contributed by atoms with Crippen molar-refractivity contribution < 1.29 is 13.3 Å². The molecule has 0 unspecified atom stereocenters. The van der Waals surface area contributed by atoms with Gasteiger partial charge in [0.25, 0.3) is 0 Å². The van der Waals surface area contributed by atoms with Crippen LogP contribution in [0.25, 0.3) is 250 Å². The largest absolute Gasteiger partial charge is 0.456 e. The van der Waals surface area contributed by atoms with Gasteiger partial charge >= 0.3 is 0 Å². The van der Waals surface area contributed by atoms with Crippen LogP contribution in [0.1, 0.15) is 49.9 Å². The van der Waals surface area contributed by atoms with E-state index in [2.05, 4.69) is 397 Å². The number of furan rings is 3. The van der Waals surface area contributed by atoms with Gasteiger partial charge in [-0.1, -0.05) is 258 Å². The lowest BCUT2D eigenvalue weighted by molar-refractivity contribution is 0.661. The minimum Gasteiger partial charge on any atom is -0.456 e. The van der Waals surface area contributed by atoms with Gasteiger partial charge in [0.15, 0.2) is 0 Å². The molecule has 5 aliphatic carbocycles. The third-order valence-electron chi connectivity index (χ3n) is 28.5. The molecule has 5 aromatic heterocycles. The molecule has 30 rings (SSSR count). The number of nitrogens with zero attached hydrogens (tertiary/aromatic N) is 1. The highest BCUT2D eigenvalue weighted by molar-refractivity contribution is 7.27. The molecule has 0 radical (unpaired) electrons. The zero-order valence-corrected chi connectivity index (χ0v) is 70.8. The zero-order chi connectivity index (χ0) is 82.8. The molecule has 25 aromatic rings. The third-order valence-corrected chi connectivity index (χ3v) is 30.7. The number of benzene rings is 20. The van der Waals surface area contributed by atoms with E-state index in [0.29, 0.717) is 0 Å². The molecule has 0 fully saturated rings. The van der Waals surface area contributed by atoms with Gasteiger partial charge in [0.2, 0.25) is 0 Å². The van der Waals surface area contributed by atoms with E-state index in [-0.39, 0.29) is 10.8 Å². The Morgan fingerprint density at radius 1 is 0.198 bits per heavy atom. The first-order chi connectivity index (χ1) is 62.0. The molecule has 5 heterocycles. The van der Waals surface area contributed by atoms with Gasteiger partial charge in [0.1, 0.15) is 33.5 Å². The number of fused-ring (bicyclic) bond motifs is 6. The van der Waals surface area contributed by atoms with Gasteiger partial charge < -0.3 is 18.2 Å². The molecule has 0 atom stereocenters. The maximum atomic E-state index is 6.48. The molecule has 0 spiro atoms. The van der Waals surface area contributed by atoms with Crippen molar-refractivity contribution in [3.8, 4) is 111 Å². The van der Waals surface area contributed by atoms with Crippen molar-refractivity contribution in [2.75, 3.05) is 4.90 Å². The molecule has 0 bridgehead atoms. The third kappa shape index (κ3) is 9.77. The van der Waals surface area contributed by atoms with Gasteiger partial charge in [0.05, 0.1) is 0 Å². The molecule has 126 heavy (non-hydrogen) atoms. The summed E-state index contributed by atoms with van der Waals surface area (Å²) in [6, 6.07) is 135. The maximum Gasteiger partial charge on any atom is 0.136 e. The molecule has 0 saturated carbocycles. The van der Waals surface area contributed by atoms with Crippen LogP contribution < -0.4 is 4.90 Å². The molecule has 0 N–H and O–H groups in total. The van der Waals surface area contributed by atoms with Crippen LogP contribution in [-0.4, -0.2) is 0 Å². The molecule has 4 nitrogen and oxygen atoms in total. The summed E-state index contributed by atoms with van der Waals surface area (Å²) in [4.78, 5) is 2.31. The Hall–Kier alpha value is -15.2. The summed E-state index contributed by atoms with van der Waals surface area (Å²) in [6.07, 6.45) is 0. The number of hydrogen-bond donors (Lipinski definition) is 0. The second-order valence-corrected chi connectivity index (χ2v) is 38.0. The van der Waals surface area contributed by atoms with Crippen molar-refractivity contribution in [2.45, 2.75) is 38.5 Å². The van der Waals surface area contributed by atoms with Crippen LogP contribution in [0.2, 0.25) is 0 Å². The smallest absolute Gasteiger partial charge is 0.136 e. The highest BCUT2D eigenvalue weighted by Crippen LogP contribution is 2.63. The fourth-order valence-corrected chi connectivity index (χ4v) is 25.1. The molecular formula is C120H73NO3S2. The molecule has 5 aliphatic rings. The van der Waals surface area contributed by atoms with Crippen LogP contribution in [0.4, 0.5) is 17.1 Å². The Balaban J connectivity index is 0.0000000965. The Kier molecular flexibility index (Phi) is 14.4. The van der Waals surface area contributed by atoms with E-state index in [4.69, 9.17) is 13.3 Å². The quantitative estimate of drug-likeness (QED) is 0.152. The van der Waals surface area contributed by atoms with Crippen molar-refractivity contribution >= 4 is 178 Å². The van der Waals surface area contributed by atoms with E-state index in [1.54, 1.807) is 0 Å². The van der Waals surface area contributed by atoms with Crippen molar-refractivity contribution in [2.24, 2.45) is 0 Å². The standard InChI is InChI=1S/C43H29NO.C43H28O.C34H16OS2/c1-43(2)34-22-18-27-19-23-37-42-38(27)41(34)39-33(32-14-9-15-36(45-37)40(32)42)24-28(25-35(39)43)26-16-20-31(21-17-26)44(29-10-5-3-6-11-29)30-12-7-4-8-13-30;1-43(2)34-19-17-26-18-20-37-42-38(26)41(34)39-33(32-15-8-16-36(44-37)40(32)42)23-31(24-35(39)43)30-14-7-13-29(22-30)28-12-6-11-27(21-28)25-9-4-3-5-10-25;1-2-8-24-18(5-1)19-12-11-17(15-25(19)35-24)23-16-29-34-31-21(7-4-10-27(31)37-29)20-6-3-9-26-30(20)33-28(36-26)14-13-22(23)32(33)34/h3-25H,1-2H3;3-24H,1-2H3;1-16H. The first-order valence-corrected chi connectivity index (χ1v) is 45.3. The highest BCUT2D eigenvalue weighted by Gasteiger charge is 2.43. The predicted molar refractivity (Wildman–Crippen MR) is 533 cm³/mol. The van der Waals surface area contributed by atoms with Crippen molar-refractivity contribution in [3.63, 3.8) is 0 Å². The fourth-order valence-electron chi connectivity index (χ4n) is 22.8. The summed E-state index contributed by atoms with van der Waals surface area (Å²) in [6.45, 7) is 9.55. The molecule has 0 aliphatic heterocycles. The zero-order valence-electron chi connectivity index (χ0n) is 69.2. The van der Waals surface area contributed by atoms with Crippen molar-refractivity contribution in [1.29, 1.82) is 0 Å². The van der Waals surface area contributed by atoms with E-state index < -0.39 is 0 Å². The molecule has 0 amide bonds. The number of hydrogen-bond acceptors (Lipinski definition) is 6. The maximum absolute atomic E-state index is 6.48. The first-order valence-electron chi connectivity index (χ1n) is 43.6. The minimum atomic E-state index is -0.127. The topological polar surface area (TPSA) is 42.7 Å². The number of anilines is 3. The average Bonchev–Trinajstić information content (AvgIpc) is 1.53. The molecule has 20 aromatic carbocycles. The molecular weight excluding hydrogens is 1570 g/mol. The summed E-state index contributed by atoms with van der Waals surface area (Å²) in [5.41, 5.74) is 40.2. The summed E-state index contributed by atoms with van der Waals surface area (Å²) in [5, 5.41) is 20.9. The summed E-state index contributed by atoms with van der Waals surface area (Å²) in [7, 11) is 0. The number of para-hydroxylation sites is 3. The van der Waals surface area contributed by atoms with Crippen LogP contribution in [0.5, 0.6) is 0 Å². The van der Waals surface area contributed by atoms with Gasteiger partial charge in [0, 0.05) is 117 Å². The second-order valence-electron chi connectivity index (χ2n) is 35.9. The molecule has 588 valence electrons. The van der Waals surface area contributed by atoms with Crippen LogP contribution in [0, 0.1) is 0 Å². The number of rotatable bonds is 8.